The molecule has 0 atom stereocenters. The highest BCUT2D eigenvalue weighted by Gasteiger charge is 2.21. The number of hydrogen-bond acceptors (Lipinski definition) is 3. The number of sulfonamides is 1. The minimum atomic E-state index is -3.54. The van der Waals surface area contributed by atoms with E-state index in [4.69, 9.17) is 0 Å². The Kier molecular flexibility index (Phi) is 6.78. The summed E-state index contributed by atoms with van der Waals surface area (Å²) >= 11 is 0. The van der Waals surface area contributed by atoms with Crippen LogP contribution in [-0.4, -0.2) is 31.8 Å². The molecule has 146 valence electrons. The van der Waals surface area contributed by atoms with Crippen LogP contribution in [0.5, 0.6) is 0 Å². The van der Waals surface area contributed by atoms with Gasteiger partial charge in [-0.25, -0.2) is 13.1 Å². The average molecular weight is 389 g/mol. The highest BCUT2D eigenvalue weighted by Crippen LogP contribution is 2.15. The van der Waals surface area contributed by atoms with Gasteiger partial charge >= 0.3 is 0 Å². The summed E-state index contributed by atoms with van der Waals surface area (Å²) in [6.07, 6.45) is 0.959. The van der Waals surface area contributed by atoms with Crippen LogP contribution in [-0.2, 0) is 27.8 Å². The summed E-state index contributed by atoms with van der Waals surface area (Å²) in [5.74, 6) is 0.0601. The van der Waals surface area contributed by atoms with Crippen molar-refractivity contribution < 1.29 is 13.2 Å². The Morgan fingerprint density at radius 2 is 1.56 bits per heavy atom. The van der Waals surface area contributed by atoms with Gasteiger partial charge in [0.1, 0.15) is 0 Å². The molecule has 1 N–H and O–H groups in total. The van der Waals surface area contributed by atoms with Gasteiger partial charge in [0.05, 0.1) is 4.90 Å². The van der Waals surface area contributed by atoms with E-state index in [0.717, 1.165) is 11.1 Å². The molecular formula is C21H28N2O3S. The molecule has 0 unspecified atom stereocenters. The molecule has 0 aliphatic carbocycles. The van der Waals surface area contributed by atoms with Gasteiger partial charge in [0.25, 0.3) is 0 Å². The summed E-state index contributed by atoms with van der Waals surface area (Å²) in [6.45, 7) is 5.98. The molecule has 0 saturated heterocycles. The Bertz CT molecular complexity index is 855. The summed E-state index contributed by atoms with van der Waals surface area (Å²) in [6, 6.07) is 16.6. The Hall–Kier alpha value is -2.18. The number of benzene rings is 2. The van der Waals surface area contributed by atoms with Crippen LogP contribution in [0.25, 0.3) is 0 Å². The van der Waals surface area contributed by atoms with Gasteiger partial charge in [0.15, 0.2) is 0 Å². The summed E-state index contributed by atoms with van der Waals surface area (Å²) in [5.41, 5.74) is 1.49. The molecule has 0 fully saturated rings. The largest absolute Gasteiger partial charge is 0.341 e. The monoisotopic (exact) mass is 388 g/mol. The Labute approximate surface area is 162 Å². The number of carbonyl (C=O) groups is 1. The van der Waals surface area contributed by atoms with Crippen molar-refractivity contribution >= 4 is 15.9 Å². The molecule has 0 saturated carbocycles. The van der Waals surface area contributed by atoms with E-state index in [2.05, 4.69) is 4.72 Å². The van der Waals surface area contributed by atoms with Crippen LogP contribution in [0, 0.1) is 0 Å². The quantitative estimate of drug-likeness (QED) is 0.791. The van der Waals surface area contributed by atoms with Gasteiger partial charge in [-0.2, -0.15) is 0 Å². The van der Waals surface area contributed by atoms with E-state index in [1.807, 2.05) is 30.3 Å². The fraction of sp³-hybridized carbons (Fsp3) is 0.381. The van der Waals surface area contributed by atoms with Gasteiger partial charge in [-0.3, -0.25) is 4.79 Å². The van der Waals surface area contributed by atoms with Crippen LogP contribution in [0.3, 0.4) is 0 Å². The van der Waals surface area contributed by atoms with Crippen molar-refractivity contribution in [1.29, 1.82) is 0 Å². The van der Waals surface area contributed by atoms with Gasteiger partial charge in [0.2, 0.25) is 15.9 Å². The second-order valence-electron chi connectivity index (χ2n) is 7.73. The second-order valence-corrected chi connectivity index (χ2v) is 9.42. The molecule has 1 amide bonds. The van der Waals surface area contributed by atoms with Gasteiger partial charge in [-0.15, -0.1) is 0 Å². The molecule has 2 rings (SSSR count). The van der Waals surface area contributed by atoms with E-state index in [1.54, 1.807) is 57.0 Å². The molecule has 0 bridgehead atoms. The number of carbonyl (C=O) groups excluding carboxylic acids is 1. The molecule has 27 heavy (non-hydrogen) atoms. The second kappa shape index (κ2) is 8.67. The van der Waals surface area contributed by atoms with Crippen LogP contribution >= 0.6 is 0 Å². The number of amides is 1. The number of aryl methyl sites for hydroxylation is 1. The van der Waals surface area contributed by atoms with E-state index < -0.39 is 15.6 Å². The first-order valence-corrected chi connectivity index (χ1v) is 10.5. The number of hydrogen-bond donors (Lipinski definition) is 1. The third-order valence-corrected chi connectivity index (χ3v) is 5.76. The third kappa shape index (κ3) is 6.81. The lowest BCUT2D eigenvalue weighted by Crippen LogP contribution is -2.40. The predicted molar refractivity (Wildman–Crippen MR) is 108 cm³/mol. The highest BCUT2D eigenvalue weighted by molar-refractivity contribution is 7.89. The van der Waals surface area contributed by atoms with Crippen molar-refractivity contribution in [2.24, 2.45) is 0 Å². The maximum absolute atomic E-state index is 12.3. The van der Waals surface area contributed by atoms with Gasteiger partial charge in [0, 0.05) is 25.6 Å². The maximum Gasteiger partial charge on any atom is 0.241 e. The molecule has 0 heterocycles. The first-order chi connectivity index (χ1) is 12.6. The number of rotatable bonds is 7. The van der Waals surface area contributed by atoms with E-state index in [1.165, 1.54) is 0 Å². The zero-order valence-electron chi connectivity index (χ0n) is 16.4. The molecule has 0 spiro atoms. The molecule has 0 aromatic heterocycles. The summed E-state index contributed by atoms with van der Waals surface area (Å²) in [4.78, 5) is 14.3. The minimum Gasteiger partial charge on any atom is -0.341 e. The predicted octanol–water partition coefficient (Wildman–Crippen LogP) is 3.35. The van der Waals surface area contributed by atoms with Crippen molar-refractivity contribution in [3.8, 4) is 0 Å². The number of nitrogens with zero attached hydrogens (tertiary/aromatic N) is 1. The van der Waals surface area contributed by atoms with Crippen LogP contribution in [0.15, 0.2) is 59.5 Å². The Balaban J connectivity index is 1.92. The number of nitrogens with one attached hydrogen (secondary N) is 1. The van der Waals surface area contributed by atoms with Gasteiger partial charge < -0.3 is 4.90 Å². The minimum absolute atomic E-state index is 0.0601. The van der Waals surface area contributed by atoms with Crippen molar-refractivity contribution in [2.45, 2.75) is 50.6 Å². The summed E-state index contributed by atoms with van der Waals surface area (Å²) in [7, 11) is -1.74. The van der Waals surface area contributed by atoms with E-state index >= 15 is 0 Å². The molecule has 0 radical (unpaired) electrons. The average Bonchev–Trinajstić information content (AvgIpc) is 2.59. The topological polar surface area (TPSA) is 66.5 Å². The fourth-order valence-corrected chi connectivity index (χ4v) is 4.10. The summed E-state index contributed by atoms with van der Waals surface area (Å²) < 4.78 is 27.3. The van der Waals surface area contributed by atoms with Crippen molar-refractivity contribution in [3.05, 3.63) is 65.7 Å². The molecule has 2 aromatic carbocycles. The van der Waals surface area contributed by atoms with Gasteiger partial charge in [-0.05, 0) is 50.5 Å². The fourth-order valence-electron chi connectivity index (χ4n) is 2.68. The van der Waals surface area contributed by atoms with E-state index in [0.29, 0.717) is 19.4 Å². The zero-order valence-corrected chi connectivity index (χ0v) is 17.2. The first kappa shape index (κ1) is 21.1. The maximum atomic E-state index is 12.3. The zero-order chi connectivity index (χ0) is 20.1. The van der Waals surface area contributed by atoms with Crippen molar-refractivity contribution in [2.75, 3.05) is 7.05 Å². The smallest absolute Gasteiger partial charge is 0.241 e. The standard InChI is InChI=1S/C21H28N2O3S/c1-21(2,3)22-27(25,26)19-13-10-17(11-14-19)12-15-20(24)23(4)16-18-8-6-5-7-9-18/h5-11,13-14,22H,12,15-16H2,1-4H3. The van der Waals surface area contributed by atoms with Crippen LogP contribution in [0.1, 0.15) is 38.3 Å². The lowest BCUT2D eigenvalue weighted by Gasteiger charge is -2.20. The van der Waals surface area contributed by atoms with Crippen LogP contribution < -0.4 is 4.72 Å². The van der Waals surface area contributed by atoms with E-state index in [-0.39, 0.29) is 10.8 Å². The lowest BCUT2D eigenvalue weighted by atomic mass is 10.1. The molecule has 2 aromatic rings. The van der Waals surface area contributed by atoms with Crippen LogP contribution in [0.4, 0.5) is 0 Å². The van der Waals surface area contributed by atoms with Gasteiger partial charge in [-0.1, -0.05) is 42.5 Å². The summed E-state index contributed by atoms with van der Waals surface area (Å²) in [5, 5.41) is 0. The first-order valence-electron chi connectivity index (χ1n) is 8.98. The SMILES string of the molecule is CN(Cc1ccccc1)C(=O)CCc1ccc(S(=O)(=O)NC(C)(C)C)cc1. The normalized spacial score (nSPS) is 12.0. The molecule has 5 nitrogen and oxygen atoms in total. The molecular weight excluding hydrogens is 360 g/mol. The Morgan fingerprint density at radius 3 is 2.11 bits per heavy atom. The molecule has 6 heteroatoms. The molecule has 0 aliphatic heterocycles. The lowest BCUT2D eigenvalue weighted by molar-refractivity contribution is -0.130. The van der Waals surface area contributed by atoms with Crippen LogP contribution in [0.2, 0.25) is 0 Å². The molecule has 0 aliphatic rings. The third-order valence-electron chi connectivity index (χ3n) is 3.99. The highest BCUT2D eigenvalue weighted by atomic mass is 32.2. The van der Waals surface area contributed by atoms with Crippen molar-refractivity contribution in [1.82, 2.24) is 9.62 Å². The van der Waals surface area contributed by atoms with Crippen molar-refractivity contribution in [3.63, 3.8) is 0 Å². The van der Waals surface area contributed by atoms with E-state index in [9.17, 15) is 13.2 Å². The Morgan fingerprint density at radius 1 is 0.963 bits per heavy atom.